The van der Waals surface area contributed by atoms with Crippen LogP contribution in [0.2, 0.25) is 0 Å². The van der Waals surface area contributed by atoms with E-state index in [2.05, 4.69) is 15.6 Å². The zero-order chi connectivity index (χ0) is 15.4. The Bertz CT molecular complexity index is 688. The van der Waals surface area contributed by atoms with Gasteiger partial charge in [0, 0.05) is 13.1 Å². The molecule has 1 amide bonds. The molecule has 2 rings (SSSR count). The Hall–Kier alpha value is -3.03. The number of pyridine rings is 1. The quantitative estimate of drug-likeness (QED) is 0.665. The second-order valence-electron chi connectivity index (χ2n) is 4.06. The molecule has 1 aromatic heterocycles. The van der Waals surface area contributed by atoms with E-state index in [0.29, 0.717) is 0 Å². The zero-order valence-electron chi connectivity index (χ0n) is 11.0. The van der Waals surface area contributed by atoms with Gasteiger partial charge in [0.1, 0.15) is 5.69 Å². The predicted octanol–water partition coefficient (Wildman–Crippen LogP) is 2.42. The SMILES string of the molecule is CNc1ccc(C(=O)Nc2ccc([N+](=O)[O-])cc2F)nc1. The topological polar surface area (TPSA) is 97.2 Å². The average molecular weight is 290 g/mol. The van der Waals surface area contributed by atoms with Gasteiger partial charge in [-0.3, -0.25) is 14.9 Å². The fourth-order valence-electron chi connectivity index (χ4n) is 1.58. The first kappa shape index (κ1) is 14.4. The normalized spacial score (nSPS) is 10.0. The maximum atomic E-state index is 13.7. The van der Waals surface area contributed by atoms with Gasteiger partial charge in [0.25, 0.3) is 11.6 Å². The van der Waals surface area contributed by atoms with E-state index < -0.39 is 16.6 Å². The summed E-state index contributed by atoms with van der Waals surface area (Å²) < 4.78 is 13.7. The molecule has 108 valence electrons. The number of nitro groups is 1. The van der Waals surface area contributed by atoms with Crippen LogP contribution in [0.3, 0.4) is 0 Å². The number of anilines is 2. The monoisotopic (exact) mass is 290 g/mol. The summed E-state index contributed by atoms with van der Waals surface area (Å²) in [7, 11) is 1.71. The molecule has 0 aliphatic rings. The molecule has 0 atom stereocenters. The average Bonchev–Trinajstić information content (AvgIpc) is 2.49. The van der Waals surface area contributed by atoms with E-state index in [1.165, 1.54) is 12.3 Å². The molecule has 0 aliphatic heterocycles. The van der Waals surface area contributed by atoms with E-state index in [9.17, 15) is 19.3 Å². The van der Waals surface area contributed by atoms with Gasteiger partial charge in [0.15, 0.2) is 5.82 Å². The van der Waals surface area contributed by atoms with Gasteiger partial charge in [-0.25, -0.2) is 9.37 Å². The standard InChI is InChI=1S/C13H11FN4O3/c1-15-8-2-4-12(16-7-8)13(19)17-11-5-3-9(18(20)21)6-10(11)14/h2-7,15H,1H3,(H,17,19). The van der Waals surface area contributed by atoms with E-state index in [1.54, 1.807) is 13.1 Å². The molecule has 0 saturated heterocycles. The van der Waals surface area contributed by atoms with Crippen LogP contribution in [0.4, 0.5) is 21.5 Å². The van der Waals surface area contributed by atoms with Gasteiger partial charge in [-0.1, -0.05) is 0 Å². The zero-order valence-corrected chi connectivity index (χ0v) is 11.0. The predicted molar refractivity (Wildman–Crippen MR) is 74.8 cm³/mol. The number of halogens is 1. The Morgan fingerprint density at radius 1 is 1.33 bits per heavy atom. The molecule has 0 spiro atoms. The Morgan fingerprint density at radius 3 is 2.62 bits per heavy atom. The molecule has 1 heterocycles. The van der Waals surface area contributed by atoms with Crippen molar-refractivity contribution in [3.63, 3.8) is 0 Å². The lowest BCUT2D eigenvalue weighted by atomic mass is 10.2. The highest BCUT2D eigenvalue weighted by molar-refractivity contribution is 6.03. The molecular weight excluding hydrogens is 279 g/mol. The highest BCUT2D eigenvalue weighted by atomic mass is 19.1. The molecule has 21 heavy (non-hydrogen) atoms. The van der Waals surface area contributed by atoms with Gasteiger partial charge in [0.2, 0.25) is 0 Å². The maximum absolute atomic E-state index is 13.7. The largest absolute Gasteiger partial charge is 0.387 e. The van der Waals surface area contributed by atoms with Gasteiger partial charge in [-0.15, -0.1) is 0 Å². The lowest BCUT2D eigenvalue weighted by Gasteiger charge is -2.06. The van der Waals surface area contributed by atoms with Gasteiger partial charge in [0.05, 0.1) is 28.6 Å². The minimum Gasteiger partial charge on any atom is -0.387 e. The number of benzene rings is 1. The Balaban J connectivity index is 2.17. The van der Waals surface area contributed by atoms with Crippen LogP contribution < -0.4 is 10.6 Å². The number of aromatic nitrogens is 1. The minimum absolute atomic E-state index is 0.103. The highest BCUT2D eigenvalue weighted by Gasteiger charge is 2.14. The molecule has 0 fully saturated rings. The molecule has 0 radical (unpaired) electrons. The number of amides is 1. The maximum Gasteiger partial charge on any atom is 0.274 e. The van der Waals surface area contributed by atoms with Crippen molar-refractivity contribution >= 4 is 23.0 Å². The number of non-ortho nitro benzene ring substituents is 1. The Kier molecular flexibility index (Phi) is 4.07. The number of carbonyl (C=O) groups is 1. The number of carbonyl (C=O) groups excluding carboxylic acids is 1. The number of nitrogens with one attached hydrogen (secondary N) is 2. The van der Waals surface area contributed by atoms with Crippen molar-refractivity contribution in [1.29, 1.82) is 0 Å². The summed E-state index contributed by atoms with van der Waals surface area (Å²) in [6, 6.07) is 6.11. The summed E-state index contributed by atoms with van der Waals surface area (Å²) in [6.07, 6.45) is 1.46. The fraction of sp³-hybridized carbons (Fsp3) is 0.0769. The van der Waals surface area contributed by atoms with Crippen molar-refractivity contribution < 1.29 is 14.1 Å². The summed E-state index contributed by atoms with van der Waals surface area (Å²) in [4.78, 5) is 25.6. The fourth-order valence-corrected chi connectivity index (χ4v) is 1.58. The van der Waals surface area contributed by atoms with E-state index >= 15 is 0 Å². The van der Waals surface area contributed by atoms with Gasteiger partial charge < -0.3 is 10.6 Å². The molecule has 2 N–H and O–H groups in total. The van der Waals surface area contributed by atoms with Crippen molar-refractivity contribution in [2.75, 3.05) is 17.7 Å². The summed E-state index contributed by atoms with van der Waals surface area (Å²) in [5, 5.41) is 15.7. The third-order valence-electron chi connectivity index (χ3n) is 2.70. The molecule has 2 aromatic rings. The van der Waals surface area contributed by atoms with E-state index in [1.807, 2.05) is 0 Å². The summed E-state index contributed by atoms with van der Waals surface area (Å²) >= 11 is 0. The van der Waals surface area contributed by atoms with Crippen molar-refractivity contribution in [3.05, 3.63) is 58.2 Å². The second-order valence-corrected chi connectivity index (χ2v) is 4.06. The van der Waals surface area contributed by atoms with E-state index in [-0.39, 0.29) is 17.1 Å². The van der Waals surface area contributed by atoms with Crippen molar-refractivity contribution in [3.8, 4) is 0 Å². The van der Waals surface area contributed by atoms with Crippen LogP contribution in [0.25, 0.3) is 0 Å². The molecule has 7 nitrogen and oxygen atoms in total. The molecule has 0 aliphatic carbocycles. The molecule has 0 saturated carbocycles. The second kappa shape index (κ2) is 5.95. The number of nitro benzene ring substituents is 1. The van der Waals surface area contributed by atoms with Crippen LogP contribution in [0, 0.1) is 15.9 Å². The van der Waals surface area contributed by atoms with Crippen LogP contribution in [0.5, 0.6) is 0 Å². The molecular formula is C13H11FN4O3. The highest BCUT2D eigenvalue weighted by Crippen LogP contribution is 2.21. The van der Waals surface area contributed by atoms with Gasteiger partial charge in [-0.05, 0) is 18.2 Å². The Labute approximate surface area is 119 Å². The smallest absolute Gasteiger partial charge is 0.274 e. The van der Waals surface area contributed by atoms with Crippen LogP contribution in [-0.4, -0.2) is 22.9 Å². The van der Waals surface area contributed by atoms with Gasteiger partial charge >= 0.3 is 0 Å². The molecule has 0 bridgehead atoms. The lowest BCUT2D eigenvalue weighted by molar-refractivity contribution is -0.385. The van der Waals surface area contributed by atoms with E-state index in [0.717, 1.165) is 23.9 Å². The van der Waals surface area contributed by atoms with Crippen LogP contribution in [0.1, 0.15) is 10.5 Å². The lowest BCUT2D eigenvalue weighted by Crippen LogP contribution is -2.14. The third-order valence-corrected chi connectivity index (χ3v) is 2.70. The van der Waals surface area contributed by atoms with Crippen molar-refractivity contribution in [2.45, 2.75) is 0 Å². The molecule has 8 heteroatoms. The van der Waals surface area contributed by atoms with Crippen molar-refractivity contribution in [1.82, 2.24) is 4.98 Å². The number of hydrogen-bond acceptors (Lipinski definition) is 5. The number of hydrogen-bond donors (Lipinski definition) is 2. The number of nitrogens with zero attached hydrogens (tertiary/aromatic N) is 2. The number of rotatable bonds is 4. The van der Waals surface area contributed by atoms with Crippen LogP contribution >= 0.6 is 0 Å². The minimum atomic E-state index is -0.885. The van der Waals surface area contributed by atoms with Crippen LogP contribution in [-0.2, 0) is 0 Å². The first-order valence-electron chi connectivity index (χ1n) is 5.90. The first-order valence-corrected chi connectivity index (χ1v) is 5.90. The van der Waals surface area contributed by atoms with Gasteiger partial charge in [-0.2, -0.15) is 0 Å². The van der Waals surface area contributed by atoms with Crippen molar-refractivity contribution in [2.24, 2.45) is 0 Å². The summed E-state index contributed by atoms with van der Waals surface area (Å²) in [5.41, 5.74) is 0.298. The Morgan fingerprint density at radius 2 is 2.10 bits per heavy atom. The van der Waals surface area contributed by atoms with E-state index in [4.69, 9.17) is 0 Å². The molecule has 1 aromatic carbocycles. The molecule has 0 unspecified atom stereocenters. The first-order chi connectivity index (χ1) is 10.0. The van der Waals surface area contributed by atoms with Crippen LogP contribution in [0.15, 0.2) is 36.5 Å². The summed E-state index contributed by atoms with van der Waals surface area (Å²) in [6.45, 7) is 0. The summed E-state index contributed by atoms with van der Waals surface area (Å²) in [5.74, 6) is -1.49. The third kappa shape index (κ3) is 3.30.